The van der Waals surface area contributed by atoms with E-state index in [1.165, 1.54) is 23.8 Å². The van der Waals surface area contributed by atoms with Crippen molar-refractivity contribution in [3.8, 4) is 0 Å². The summed E-state index contributed by atoms with van der Waals surface area (Å²) >= 11 is 1.30. The summed E-state index contributed by atoms with van der Waals surface area (Å²) < 4.78 is 15.9. The quantitative estimate of drug-likeness (QED) is 0.516. The number of carbonyl (C=O) groups excluding carboxylic acids is 1. The highest BCUT2D eigenvalue weighted by molar-refractivity contribution is 7.20. The van der Waals surface area contributed by atoms with Crippen molar-refractivity contribution in [3.63, 3.8) is 0 Å². The molecule has 1 spiro atoms. The second kappa shape index (κ2) is 6.94. The average molecular weight is 452 g/mol. The molecule has 4 aromatic heterocycles. The van der Waals surface area contributed by atoms with Gasteiger partial charge in [-0.2, -0.15) is 0 Å². The molecular formula is C22H22FN7OS. The summed E-state index contributed by atoms with van der Waals surface area (Å²) in [5.41, 5.74) is 2.38. The van der Waals surface area contributed by atoms with Crippen LogP contribution in [-0.2, 0) is 0 Å². The first-order valence-electron chi connectivity index (χ1n) is 10.5. The zero-order valence-corrected chi connectivity index (χ0v) is 18.6. The van der Waals surface area contributed by atoms with Crippen LogP contribution >= 0.6 is 11.3 Å². The van der Waals surface area contributed by atoms with Gasteiger partial charge in [0.05, 0.1) is 22.5 Å². The molecule has 10 heteroatoms. The summed E-state index contributed by atoms with van der Waals surface area (Å²) in [6, 6.07) is 3.01. The predicted molar refractivity (Wildman–Crippen MR) is 122 cm³/mol. The Balaban J connectivity index is 1.22. The van der Waals surface area contributed by atoms with Crippen LogP contribution in [0.4, 0.5) is 15.9 Å². The van der Waals surface area contributed by atoms with E-state index >= 15 is 0 Å². The van der Waals surface area contributed by atoms with Crippen molar-refractivity contribution in [1.29, 1.82) is 0 Å². The summed E-state index contributed by atoms with van der Waals surface area (Å²) in [5.74, 6) is 0.0616. The molecule has 0 unspecified atom stereocenters. The second-order valence-corrected chi connectivity index (χ2v) is 10.0. The van der Waals surface area contributed by atoms with E-state index in [9.17, 15) is 9.18 Å². The van der Waals surface area contributed by atoms with Gasteiger partial charge >= 0.3 is 0 Å². The minimum absolute atomic E-state index is 0.237. The maximum atomic E-state index is 14.3. The molecule has 0 saturated carbocycles. The van der Waals surface area contributed by atoms with Gasteiger partial charge in [0, 0.05) is 50.1 Å². The van der Waals surface area contributed by atoms with Crippen molar-refractivity contribution in [2.24, 2.45) is 5.41 Å². The van der Waals surface area contributed by atoms with Crippen molar-refractivity contribution in [1.82, 2.24) is 24.3 Å². The number of carbonyl (C=O) groups is 1. The van der Waals surface area contributed by atoms with Gasteiger partial charge in [-0.15, -0.1) is 11.3 Å². The molecule has 6 rings (SSSR count). The number of pyridine rings is 1. The van der Waals surface area contributed by atoms with E-state index < -0.39 is 5.82 Å². The number of hydrogen-bond donors (Lipinski definition) is 1. The van der Waals surface area contributed by atoms with Crippen LogP contribution in [0.5, 0.6) is 0 Å². The zero-order chi connectivity index (χ0) is 22.0. The molecule has 1 amide bonds. The lowest BCUT2D eigenvalue weighted by molar-refractivity contribution is 0.0424. The number of nitrogens with zero attached hydrogens (tertiary/aromatic N) is 6. The highest BCUT2D eigenvalue weighted by atomic mass is 32.1. The van der Waals surface area contributed by atoms with Crippen LogP contribution in [-0.4, -0.2) is 63.4 Å². The smallest absolute Gasteiger partial charge is 0.265 e. The highest BCUT2D eigenvalue weighted by Crippen LogP contribution is 2.40. The Morgan fingerprint density at radius 1 is 1.22 bits per heavy atom. The number of imidazole rings is 1. The van der Waals surface area contributed by atoms with E-state index in [-0.39, 0.29) is 11.6 Å². The molecule has 1 N–H and O–H groups in total. The fourth-order valence-corrected chi connectivity index (χ4v) is 5.87. The first-order chi connectivity index (χ1) is 15.4. The minimum atomic E-state index is -0.485. The molecule has 0 atom stereocenters. The Kier molecular flexibility index (Phi) is 4.25. The Morgan fingerprint density at radius 3 is 2.88 bits per heavy atom. The molecule has 2 aliphatic heterocycles. The van der Waals surface area contributed by atoms with Gasteiger partial charge in [-0.05, 0) is 26.5 Å². The summed E-state index contributed by atoms with van der Waals surface area (Å²) in [6.07, 6.45) is 6.33. The lowest BCUT2D eigenvalue weighted by Crippen LogP contribution is -2.55. The number of nitrogens with one attached hydrogen (secondary N) is 1. The standard InChI is InChI=1S/C22H22FN7OS/c1-13-8-30-9-14(5-15(23)19(30)25-13)26-20(31)17-6-16-21(32-17)27-18(7-24-16)29-4-3-22(12-29)10-28(2)11-22/h5-9H,3-4,10-12H2,1-2H3,(H,26,31). The molecule has 2 saturated heterocycles. The number of amides is 1. The summed E-state index contributed by atoms with van der Waals surface area (Å²) in [7, 11) is 2.15. The third-order valence-electron chi connectivity index (χ3n) is 6.31. The first kappa shape index (κ1) is 19.6. The van der Waals surface area contributed by atoms with Gasteiger partial charge < -0.3 is 19.5 Å². The van der Waals surface area contributed by atoms with Gasteiger partial charge in [-0.3, -0.25) is 4.79 Å². The zero-order valence-electron chi connectivity index (χ0n) is 17.8. The maximum Gasteiger partial charge on any atom is 0.265 e. The molecule has 0 bridgehead atoms. The van der Waals surface area contributed by atoms with Crippen LogP contribution in [0.15, 0.2) is 30.7 Å². The fraction of sp³-hybridized carbons (Fsp3) is 0.364. The monoisotopic (exact) mass is 451 g/mol. The predicted octanol–water partition coefficient (Wildman–Crippen LogP) is 3.18. The Hall–Kier alpha value is -3.11. The number of aryl methyl sites for hydroxylation is 1. The van der Waals surface area contributed by atoms with Crippen LogP contribution < -0.4 is 10.2 Å². The largest absolute Gasteiger partial charge is 0.355 e. The van der Waals surface area contributed by atoms with Crippen LogP contribution in [0.2, 0.25) is 0 Å². The second-order valence-electron chi connectivity index (χ2n) is 9.02. The average Bonchev–Trinajstić information content (AvgIpc) is 3.43. The number of halogens is 1. The van der Waals surface area contributed by atoms with Gasteiger partial charge in [0.15, 0.2) is 11.5 Å². The van der Waals surface area contributed by atoms with Gasteiger partial charge in [0.25, 0.3) is 5.91 Å². The first-order valence-corrected chi connectivity index (χ1v) is 11.4. The van der Waals surface area contributed by atoms with Crippen molar-refractivity contribution in [2.45, 2.75) is 13.3 Å². The number of aromatic nitrogens is 4. The van der Waals surface area contributed by atoms with Crippen LogP contribution in [0.3, 0.4) is 0 Å². The lowest BCUT2D eigenvalue weighted by Gasteiger charge is -2.46. The van der Waals surface area contributed by atoms with E-state index in [0.717, 1.165) is 36.8 Å². The Bertz CT molecular complexity index is 1370. The molecule has 4 aromatic rings. The Labute approximate surface area is 187 Å². The Morgan fingerprint density at radius 2 is 2.06 bits per heavy atom. The number of hydrogen-bond acceptors (Lipinski definition) is 7. The van der Waals surface area contributed by atoms with Crippen molar-refractivity contribution in [2.75, 3.05) is 43.4 Å². The summed E-state index contributed by atoms with van der Waals surface area (Å²) in [4.78, 5) is 32.1. The molecule has 2 aliphatic rings. The summed E-state index contributed by atoms with van der Waals surface area (Å²) in [6.45, 7) is 6.04. The molecule has 6 heterocycles. The molecule has 32 heavy (non-hydrogen) atoms. The third-order valence-corrected chi connectivity index (χ3v) is 7.33. The topological polar surface area (TPSA) is 78.7 Å². The molecule has 8 nitrogen and oxygen atoms in total. The maximum absolute atomic E-state index is 14.3. The number of thiophene rings is 1. The van der Waals surface area contributed by atoms with E-state index in [0.29, 0.717) is 27.2 Å². The molecule has 164 valence electrons. The summed E-state index contributed by atoms with van der Waals surface area (Å²) in [5, 5.41) is 2.77. The van der Waals surface area contributed by atoms with Gasteiger partial charge in [-0.1, -0.05) is 0 Å². The number of rotatable bonds is 3. The molecular weight excluding hydrogens is 429 g/mol. The van der Waals surface area contributed by atoms with Crippen molar-refractivity contribution >= 4 is 44.7 Å². The van der Waals surface area contributed by atoms with Gasteiger partial charge in [0.2, 0.25) is 0 Å². The van der Waals surface area contributed by atoms with E-state index in [1.807, 2.05) is 0 Å². The molecule has 0 radical (unpaired) electrons. The minimum Gasteiger partial charge on any atom is -0.355 e. The SMILES string of the molecule is Cc1cn2cc(NC(=O)c3cc4ncc(N5CCC6(CN(C)C6)C5)nc4s3)cc(F)c2n1. The third kappa shape index (κ3) is 3.21. The number of fused-ring (bicyclic) bond motifs is 2. The van der Waals surface area contributed by atoms with Crippen LogP contribution in [0, 0.1) is 18.2 Å². The van der Waals surface area contributed by atoms with Gasteiger partial charge in [-0.25, -0.2) is 19.3 Å². The van der Waals surface area contributed by atoms with E-state index in [1.54, 1.807) is 36.0 Å². The van der Waals surface area contributed by atoms with Crippen LogP contribution in [0.1, 0.15) is 21.8 Å². The lowest BCUT2D eigenvalue weighted by atomic mass is 9.79. The normalized spacial score (nSPS) is 18.0. The molecule has 0 aliphatic carbocycles. The van der Waals surface area contributed by atoms with Crippen molar-refractivity contribution in [3.05, 3.63) is 47.1 Å². The fourth-order valence-electron chi connectivity index (χ4n) is 5.00. The molecule has 0 aromatic carbocycles. The van der Waals surface area contributed by atoms with E-state index in [4.69, 9.17) is 4.98 Å². The number of anilines is 2. The van der Waals surface area contributed by atoms with Gasteiger partial charge in [0.1, 0.15) is 16.2 Å². The van der Waals surface area contributed by atoms with Crippen molar-refractivity contribution < 1.29 is 9.18 Å². The van der Waals surface area contributed by atoms with E-state index in [2.05, 4.69) is 32.1 Å². The number of likely N-dealkylation sites (tertiary alicyclic amines) is 1. The highest BCUT2D eigenvalue weighted by Gasteiger charge is 2.46. The van der Waals surface area contributed by atoms with Crippen LogP contribution in [0.25, 0.3) is 16.0 Å². The molecule has 2 fully saturated rings.